The van der Waals surface area contributed by atoms with Crippen LogP contribution in [0.1, 0.15) is 28.8 Å². The van der Waals surface area contributed by atoms with E-state index in [1.165, 1.54) is 12.1 Å². The van der Waals surface area contributed by atoms with Crippen LogP contribution in [-0.2, 0) is 16.1 Å². The molecule has 3 amide bonds. The molecule has 0 aliphatic heterocycles. The molecule has 2 aromatic carbocycles. The summed E-state index contributed by atoms with van der Waals surface area (Å²) < 4.78 is 5.38. The Kier molecular flexibility index (Phi) is 5.71. The summed E-state index contributed by atoms with van der Waals surface area (Å²) in [7, 11) is 0. The second-order valence-corrected chi connectivity index (χ2v) is 6.42. The Morgan fingerprint density at radius 3 is 2.48 bits per heavy atom. The largest absolute Gasteiger partial charge is 0.484 e. The molecule has 1 aliphatic carbocycles. The van der Waals surface area contributed by atoms with Crippen LogP contribution in [0, 0.1) is 5.92 Å². The molecule has 27 heavy (non-hydrogen) atoms. The van der Waals surface area contributed by atoms with Crippen molar-refractivity contribution < 1.29 is 19.1 Å². The van der Waals surface area contributed by atoms with Crippen molar-refractivity contribution in [2.45, 2.75) is 19.4 Å². The third kappa shape index (κ3) is 5.57. The number of carbonyl (C=O) groups is 3. The van der Waals surface area contributed by atoms with E-state index in [0.29, 0.717) is 17.9 Å². The van der Waals surface area contributed by atoms with Gasteiger partial charge >= 0.3 is 0 Å². The molecule has 1 fully saturated rings. The molecule has 0 unspecified atom stereocenters. The van der Waals surface area contributed by atoms with Gasteiger partial charge in [-0.25, -0.2) is 0 Å². The van der Waals surface area contributed by atoms with Crippen molar-refractivity contribution in [3.63, 3.8) is 0 Å². The summed E-state index contributed by atoms with van der Waals surface area (Å²) in [6, 6.07) is 13.6. The van der Waals surface area contributed by atoms with Crippen molar-refractivity contribution in [1.29, 1.82) is 0 Å². The fourth-order valence-electron chi connectivity index (χ4n) is 2.46. The summed E-state index contributed by atoms with van der Waals surface area (Å²) in [6.45, 7) is 0.184. The quantitative estimate of drug-likeness (QED) is 0.661. The molecule has 7 nitrogen and oxygen atoms in total. The summed E-state index contributed by atoms with van der Waals surface area (Å²) in [5.74, 6) is -0.134. The molecule has 0 bridgehead atoms. The maximum atomic E-state index is 11.9. The summed E-state index contributed by atoms with van der Waals surface area (Å²) in [5.41, 5.74) is 7.15. The van der Waals surface area contributed by atoms with Gasteiger partial charge in [0.1, 0.15) is 5.75 Å². The molecule has 0 saturated heterocycles. The standard InChI is InChI=1S/C20H21N3O4/c21-19(25)14-6-8-17(9-7-14)27-12-18(24)22-11-13-2-1-3-16(10-13)23-20(26)15-4-5-15/h1-3,6-10,15H,4-5,11-12H2,(H2,21,25)(H,22,24)(H,23,26). The topological polar surface area (TPSA) is 111 Å². The smallest absolute Gasteiger partial charge is 0.258 e. The molecule has 140 valence electrons. The predicted molar refractivity (Wildman–Crippen MR) is 100 cm³/mol. The zero-order chi connectivity index (χ0) is 19.2. The number of carbonyl (C=O) groups excluding carboxylic acids is 3. The van der Waals surface area contributed by atoms with Crippen LogP contribution in [-0.4, -0.2) is 24.3 Å². The lowest BCUT2D eigenvalue weighted by molar-refractivity contribution is -0.123. The third-order valence-electron chi connectivity index (χ3n) is 4.14. The van der Waals surface area contributed by atoms with Crippen LogP contribution >= 0.6 is 0 Å². The zero-order valence-corrected chi connectivity index (χ0v) is 14.7. The fourth-order valence-corrected chi connectivity index (χ4v) is 2.46. The van der Waals surface area contributed by atoms with Gasteiger partial charge in [0, 0.05) is 23.7 Å². The van der Waals surface area contributed by atoms with E-state index in [4.69, 9.17) is 10.5 Å². The number of hydrogen-bond donors (Lipinski definition) is 3. The van der Waals surface area contributed by atoms with Crippen LogP contribution in [0.15, 0.2) is 48.5 Å². The molecule has 1 saturated carbocycles. The molecule has 0 aromatic heterocycles. The normalized spacial score (nSPS) is 12.9. The molecule has 0 heterocycles. The average molecular weight is 367 g/mol. The van der Waals surface area contributed by atoms with Crippen LogP contribution in [0.3, 0.4) is 0 Å². The monoisotopic (exact) mass is 367 g/mol. The summed E-state index contributed by atoms with van der Waals surface area (Å²) >= 11 is 0. The van der Waals surface area contributed by atoms with Crippen LogP contribution in [0.4, 0.5) is 5.69 Å². The van der Waals surface area contributed by atoms with Gasteiger partial charge in [0.25, 0.3) is 5.91 Å². The maximum absolute atomic E-state index is 11.9. The van der Waals surface area contributed by atoms with Gasteiger partial charge in [0.05, 0.1) is 0 Å². The first kappa shape index (κ1) is 18.4. The highest BCUT2D eigenvalue weighted by Crippen LogP contribution is 2.30. The number of nitrogens with one attached hydrogen (secondary N) is 2. The van der Waals surface area contributed by atoms with Crippen LogP contribution in [0.2, 0.25) is 0 Å². The highest BCUT2D eigenvalue weighted by molar-refractivity contribution is 5.94. The van der Waals surface area contributed by atoms with Crippen molar-refractivity contribution in [3.8, 4) is 5.75 Å². The Morgan fingerprint density at radius 1 is 1.07 bits per heavy atom. The first-order chi connectivity index (χ1) is 13.0. The van der Waals surface area contributed by atoms with Gasteiger partial charge in [0.15, 0.2) is 6.61 Å². The first-order valence-corrected chi connectivity index (χ1v) is 8.70. The van der Waals surface area contributed by atoms with Crippen LogP contribution < -0.4 is 21.1 Å². The van der Waals surface area contributed by atoms with E-state index >= 15 is 0 Å². The van der Waals surface area contributed by atoms with E-state index in [9.17, 15) is 14.4 Å². The average Bonchev–Trinajstić information content (AvgIpc) is 3.50. The Labute approximate surface area is 156 Å². The van der Waals surface area contributed by atoms with E-state index < -0.39 is 5.91 Å². The van der Waals surface area contributed by atoms with Crippen molar-refractivity contribution in [3.05, 3.63) is 59.7 Å². The number of ether oxygens (including phenoxy) is 1. The van der Waals surface area contributed by atoms with Gasteiger partial charge in [0.2, 0.25) is 11.8 Å². The lowest BCUT2D eigenvalue weighted by atomic mass is 10.2. The van der Waals surface area contributed by atoms with Gasteiger partial charge in [-0.15, -0.1) is 0 Å². The molecule has 4 N–H and O–H groups in total. The fraction of sp³-hybridized carbons (Fsp3) is 0.250. The van der Waals surface area contributed by atoms with Crippen molar-refractivity contribution in [1.82, 2.24) is 5.32 Å². The van der Waals surface area contributed by atoms with Gasteiger partial charge < -0.3 is 21.1 Å². The second kappa shape index (κ2) is 8.35. The van der Waals surface area contributed by atoms with Crippen molar-refractivity contribution in [2.24, 2.45) is 11.7 Å². The third-order valence-corrected chi connectivity index (χ3v) is 4.14. The molecule has 0 spiro atoms. The number of nitrogens with two attached hydrogens (primary N) is 1. The number of hydrogen-bond acceptors (Lipinski definition) is 4. The lowest BCUT2D eigenvalue weighted by Crippen LogP contribution is -2.28. The lowest BCUT2D eigenvalue weighted by Gasteiger charge is -2.09. The SMILES string of the molecule is NC(=O)c1ccc(OCC(=O)NCc2cccc(NC(=O)C3CC3)c2)cc1. The molecule has 2 aromatic rings. The number of amides is 3. The molecule has 3 rings (SSSR count). The second-order valence-electron chi connectivity index (χ2n) is 6.42. The van der Waals surface area contributed by atoms with E-state index in [1.807, 2.05) is 24.3 Å². The Hall–Kier alpha value is -3.35. The van der Waals surface area contributed by atoms with E-state index in [1.54, 1.807) is 12.1 Å². The summed E-state index contributed by atoms with van der Waals surface area (Å²) in [5, 5.41) is 5.65. The highest BCUT2D eigenvalue weighted by Gasteiger charge is 2.29. The Morgan fingerprint density at radius 2 is 1.81 bits per heavy atom. The van der Waals surface area contributed by atoms with Crippen LogP contribution in [0.25, 0.3) is 0 Å². The van der Waals surface area contributed by atoms with Crippen molar-refractivity contribution in [2.75, 3.05) is 11.9 Å². The number of benzene rings is 2. The minimum atomic E-state index is -0.519. The molecule has 0 atom stereocenters. The van der Waals surface area contributed by atoms with Gasteiger partial charge in [-0.2, -0.15) is 0 Å². The predicted octanol–water partition coefficient (Wildman–Crippen LogP) is 1.83. The van der Waals surface area contributed by atoms with E-state index in [0.717, 1.165) is 24.1 Å². The maximum Gasteiger partial charge on any atom is 0.258 e. The van der Waals surface area contributed by atoms with Crippen LogP contribution in [0.5, 0.6) is 5.75 Å². The first-order valence-electron chi connectivity index (χ1n) is 8.70. The Balaban J connectivity index is 1.44. The van der Waals surface area contributed by atoms with E-state index in [2.05, 4.69) is 10.6 Å². The van der Waals surface area contributed by atoms with Gasteiger partial charge in [-0.05, 0) is 54.8 Å². The number of anilines is 1. The summed E-state index contributed by atoms with van der Waals surface area (Å²) in [6.07, 6.45) is 1.90. The Bertz CT molecular complexity index is 845. The molecule has 7 heteroatoms. The minimum Gasteiger partial charge on any atom is -0.484 e. The molecular weight excluding hydrogens is 346 g/mol. The molecule has 1 aliphatic rings. The molecule has 0 radical (unpaired) electrons. The minimum absolute atomic E-state index is 0.0481. The zero-order valence-electron chi connectivity index (χ0n) is 14.7. The van der Waals surface area contributed by atoms with Gasteiger partial charge in [-0.3, -0.25) is 14.4 Å². The van der Waals surface area contributed by atoms with Gasteiger partial charge in [-0.1, -0.05) is 12.1 Å². The van der Waals surface area contributed by atoms with E-state index in [-0.39, 0.29) is 24.3 Å². The number of rotatable bonds is 8. The summed E-state index contributed by atoms with van der Waals surface area (Å²) in [4.78, 5) is 34.8. The van der Waals surface area contributed by atoms with Crippen molar-refractivity contribution >= 4 is 23.4 Å². The number of primary amides is 1. The highest BCUT2D eigenvalue weighted by atomic mass is 16.5. The molecular formula is C20H21N3O4.